The van der Waals surface area contributed by atoms with Gasteiger partial charge in [0.05, 0.1) is 6.61 Å². The van der Waals surface area contributed by atoms with Crippen LogP contribution in [0.4, 0.5) is 4.79 Å². The third-order valence-electron chi connectivity index (χ3n) is 3.84. The zero-order valence-electron chi connectivity index (χ0n) is 18.5. The van der Waals surface area contributed by atoms with Gasteiger partial charge < -0.3 is 10.1 Å². The molecule has 2 atom stereocenters. The number of carbonyl (C=O) groups is 1. The van der Waals surface area contributed by atoms with Gasteiger partial charge in [-0.1, -0.05) is 67.7 Å². The van der Waals surface area contributed by atoms with Crippen LogP contribution in [-0.4, -0.2) is 29.7 Å². The highest BCUT2D eigenvalue weighted by Crippen LogP contribution is 2.22. The Hall–Kier alpha value is -0.820. The van der Waals surface area contributed by atoms with Gasteiger partial charge in [0.25, 0.3) is 0 Å². The van der Waals surface area contributed by atoms with E-state index in [1.54, 1.807) is 11.8 Å². The van der Waals surface area contributed by atoms with Gasteiger partial charge in [-0.25, -0.2) is 4.79 Å². The molecular formula is C24H41NO2P2S. The summed E-state index contributed by atoms with van der Waals surface area (Å²) in [5.74, 6) is 0.886. The number of carbonyl (C=O) groups excluding carboxylic acids is 1. The highest BCUT2D eigenvalue weighted by Gasteiger charge is 2.01. The summed E-state index contributed by atoms with van der Waals surface area (Å²) >= 11 is 1.76. The predicted molar refractivity (Wildman–Crippen MR) is 143 cm³/mol. The SMILES string of the molecule is CC/C=C\C/C=C\C/C=C\C/C=C\C/C=C\CCCCOC(=O)NCCSC(P)P. The van der Waals surface area contributed by atoms with E-state index in [2.05, 4.69) is 91.5 Å². The van der Waals surface area contributed by atoms with Crippen molar-refractivity contribution in [2.24, 2.45) is 0 Å². The molecule has 0 rings (SSSR count). The van der Waals surface area contributed by atoms with E-state index in [1.807, 2.05) is 0 Å². The van der Waals surface area contributed by atoms with E-state index in [4.69, 9.17) is 4.74 Å². The zero-order valence-corrected chi connectivity index (χ0v) is 21.6. The lowest BCUT2D eigenvalue weighted by Gasteiger charge is -2.07. The van der Waals surface area contributed by atoms with Gasteiger partial charge in [-0.05, 0) is 51.4 Å². The maximum absolute atomic E-state index is 11.5. The fourth-order valence-corrected chi connectivity index (χ4v) is 3.61. The molecule has 0 aromatic carbocycles. The summed E-state index contributed by atoms with van der Waals surface area (Å²) in [6, 6.07) is 0. The minimum Gasteiger partial charge on any atom is -0.450 e. The van der Waals surface area contributed by atoms with Gasteiger partial charge in [-0.3, -0.25) is 0 Å². The number of amides is 1. The maximum atomic E-state index is 11.5. The highest BCUT2D eigenvalue weighted by atomic mass is 32.2. The molecule has 0 fully saturated rings. The van der Waals surface area contributed by atoms with Crippen molar-refractivity contribution in [2.75, 3.05) is 18.9 Å². The molecule has 0 aliphatic heterocycles. The molecular weight excluding hydrogens is 428 g/mol. The van der Waals surface area contributed by atoms with E-state index in [9.17, 15) is 4.79 Å². The Labute approximate surface area is 193 Å². The van der Waals surface area contributed by atoms with Gasteiger partial charge in [-0.2, -0.15) is 0 Å². The summed E-state index contributed by atoms with van der Waals surface area (Å²) in [5.41, 5.74) is 0. The van der Waals surface area contributed by atoms with Crippen LogP contribution in [0, 0.1) is 0 Å². The van der Waals surface area contributed by atoms with Crippen LogP contribution in [0.5, 0.6) is 0 Å². The molecule has 30 heavy (non-hydrogen) atoms. The molecule has 0 aliphatic rings. The lowest BCUT2D eigenvalue weighted by atomic mass is 10.2. The Bertz CT molecular complexity index is 543. The predicted octanol–water partition coefficient (Wildman–Crippen LogP) is 7.40. The number of rotatable bonds is 18. The van der Waals surface area contributed by atoms with Gasteiger partial charge >= 0.3 is 6.09 Å². The first-order valence-electron chi connectivity index (χ1n) is 10.9. The van der Waals surface area contributed by atoms with Gasteiger partial charge in [-0.15, -0.1) is 30.2 Å². The molecule has 1 amide bonds. The molecule has 0 bridgehead atoms. The van der Waals surface area contributed by atoms with Crippen LogP contribution in [0.25, 0.3) is 0 Å². The van der Waals surface area contributed by atoms with E-state index >= 15 is 0 Å². The molecule has 0 heterocycles. The number of unbranched alkanes of at least 4 members (excludes halogenated alkanes) is 2. The second kappa shape index (κ2) is 24.4. The van der Waals surface area contributed by atoms with Gasteiger partial charge in [0, 0.05) is 17.0 Å². The third kappa shape index (κ3) is 25.2. The minimum atomic E-state index is -0.311. The van der Waals surface area contributed by atoms with Crippen LogP contribution in [0.15, 0.2) is 60.8 Å². The Kier molecular flexibility index (Phi) is 23.8. The second-order valence-corrected chi connectivity index (χ2v) is 11.1. The zero-order chi connectivity index (χ0) is 22.1. The van der Waals surface area contributed by atoms with E-state index < -0.39 is 0 Å². The summed E-state index contributed by atoms with van der Waals surface area (Å²) in [6.45, 7) is 3.28. The van der Waals surface area contributed by atoms with Crippen LogP contribution in [0.2, 0.25) is 0 Å². The standard InChI is InChI=1S/C24H41NO2P2S/c1-2-3-4-5-6-7-8-9-10-11-12-13-14-15-16-17-18-19-21-27-23(26)25-20-22-30-24(28)29/h3-4,6-7,9-10,12-13,15-16,24H,2,5,8,11,14,17-22,28-29H2,1H3,(H,25,26)/b4-3-,7-6-,10-9-,13-12-,16-15-. The molecule has 6 heteroatoms. The lowest BCUT2D eigenvalue weighted by Crippen LogP contribution is -2.27. The Morgan fingerprint density at radius 1 is 0.867 bits per heavy atom. The largest absolute Gasteiger partial charge is 0.450 e. The molecule has 0 aromatic rings. The van der Waals surface area contributed by atoms with Crippen LogP contribution in [0.1, 0.15) is 58.3 Å². The fraction of sp³-hybridized carbons (Fsp3) is 0.542. The van der Waals surface area contributed by atoms with E-state index in [1.165, 1.54) is 0 Å². The molecule has 0 radical (unpaired) electrons. The minimum absolute atomic E-state index is 0.311. The lowest BCUT2D eigenvalue weighted by molar-refractivity contribution is 0.145. The summed E-state index contributed by atoms with van der Waals surface area (Å²) in [4.78, 5) is 11.5. The molecule has 3 nitrogen and oxygen atoms in total. The van der Waals surface area contributed by atoms with Crippen LogP contribution < -0.4 is 5.32 Å². The van der Waals surface area contributed by atoms with Gasteiger partial charge in [0.15, 0.2) is 0 Å². The first-order chi connectivity index (χ1) is 14.7. The first kappa shape index (κ1) is 29.2. The highest BCUT2D eigenvalue weighted by molar-refractivity contribution is 8.07. The summed E-state index contributed by atoms with van der Waals surface area (Å²) in [6.07, 6.45) is 29.8. The summed E-state index contributed by atoms with van der Waals surface area (Å²) in [7, 11) is 5.39. The topological polar surface area (TPSA) is 38.3 Å². The van der Waals surface area contributed by atoms with Crippen molar-refractivity contribution < 1.29 is 9.53 Å². The van der Waals surface area contributed by atoms with Crippen molar-refractivity contribution in [1.29, 1.82) is 0 Å². The van der Waals surface area contributed by atoms with Crippen molar-refractivity contribution in [3.63, 3.8) is 0 Å². The quantitative estimate of drug-likeness (QED) is 0.129. The summed E-state index contributed by atoms with van der Waals surface area (Å²) in [5, 5.41) is 2.76. The van der Waals surface area contributed by atoms with E-state index in [0.717, 1.165) is 57.1 Å². The Balaban J connectivity index is 3.45. The summed E-state index contributed by atoms with van der Waals surface area (Å²) < 4.78 is 5.59. The van der Waals surface area contributed by atoms with Crippen molar-refractivity contribution in [1.82, 2.24) is 5.32 Å². The molecule has 0 saturated heterocycles. The number of thioether (sulfide) groups is 1. The van der Waals surface area contributed by atoms with E-state index in [-0.39, 0.29) is 6.09 Å². The number of hydrogen-bond acceptors (Lipinski definition) is 3. The second-order valence-electron chi connectivity index (χ2n) is 6.60. The molecule has 0 aromatic heterocycles. The molecule has 2 unspecified atom stereocenters. The third-order valence-corrected chi connectivity index (χ3v) is 5.82. The van der Waals surface area contributed by atoms with Crippen LogP contribution in [-0.2, 0) is 4.74 Å². The molecule has 0 saturated carbocycles. The number of ether oxygens (including phenoxy) is 1. The van der Waals surface area contributed by atoms with Gasteiger partial charge in [0.2, 0.25) is 0 Å². The monoisotopic (exact) mass is 469 g/mol. The molecule has 0 spiro atoms. The molecule has 0 aliphatic carbocycles. The van der Waals surface area contributed by atoms with Crippen LogP contribution in [0.3, 0.4) is 0 Å². The molecule has 1 N–H and O–H groups in total. The average molecular weight is 470 g/mol. The van der Waals surface area contributed by atoms with Crippen molar-refractivity contribution >= 4 is 36.3 Å². The number of nitrogens with one attached hydrogen (secondary N) is 1. The smallest absolute Gasteiger partial charge is 0.407 e. The Morgan fingerprint density at radius 3 is 1.93 bits per heavy atom. The van der Waals surface area contributed by atoms with Crippen molar-refractivity contribution in [3.8, 4) is 0 Å². The van der Waals surface area contributed by atoms with Gasteiger partial charge in [0.1, 0.15) is 0 Å². The van der Waals surface area contributed by atoms with Crippen LogP contribution >= 0.6 is 30.2 Å². The maximum Gasteiger partial charge on any atom is 0.407 e. The Morgan fingerprint density at radius 2 is 1.40 bits per heavy atom. The first-order valence-corrected chi connectivity index (χ1v) is 13.3. The molecule has 170 valence electrons. The number of alkyl carbamates (subject to hydrolysis) is 1. The van der Waals surface area contributed by atoms with Crippen molar-refractivity contribution in [2.45, 2.75) is 63.0 Å². The van der Waals surface area contributed by atoms with E-state index in [0.29, 0.717) is 17.9 Å². The number of allylic oxidation sites excluding steroid dienone is 10. The van der Waals surface area contributed by atoms with Crippen molar-refractivity contribution in [3.05, 3.63) is 60.8 Å². The number of hydrogen-bond donors (Lipinski definition) is 1. The average Bonchev–Trinajstić information content (AvgIpc) is 2.72. The normalized spacial score (nSPS) is 12.5. The fourth-order valence-electron chi connectivity index (χ4n) is 2.30.